The third kappa shape index (κ3) is 2.96. The molecule has 3 atom stereocenters. The summed E-state index contributed by atoms with van der Waals surface area (Å²) in [7, 11) is 4.62. The number of rotatable bonds is 1. The van der Waals surface area contributed by atoms with Crippen molar-refractivity contribution < 1.29 is 0 Å². The van der Waals surface area contributed by atoms with Crippen molar-refractivity contribution in [3.8, 4) is 0 Å². The number of aromatic nitrogens is 4. The summed E-state index contributed by atoms with van der Waals surface area (Å²) in [6, 6.07) is 0. The number of aromatic amines is 2. The molecule has 3 N–H and O–H groups in total. The van der Waals surface area contributed by atoms with Crippen molar-refractivity contribution in [2.45, 2.75) is 0 Å². The Bertz CT molecular complexity index is 208. The van der Waals surface area contributed by atoms with Crippen molar-refractivity contribution in [3.63, 3.8) is 0 Å². The smallest absolute Gasteiger partial charge is 0.138 e. The van der Waals surface area contributed by atoms with Gasteiger partial charge in [-0.25, -0.2) is 9.63 Å². The molecule has 58 valence electrons. The molecule has 0 fully saturated rings. The Morgan fingerprint density at radius 3 is 3.40 bits per heavy atom. The second-order valence-corrected chi connectivity index (χ2v) is 6.24. The minimum absolute atomic E-state index is 0.508. The van der Waals surface area contributed by atoms with Crippen LogP contribution in [-0.4, -0.2) is 24.8 Å². The monoisotopic (exact) mass is 215 g/mol. The highest BCUT2D eigenvalue weighted by Crippen LogP contribution is 2.06. The van der Waals surface area contributed by atoms with Crippen molar-refractivity contribution >= 4 is 34.0 Å². The molecule has 1 rings (SSSR count). The first-order valence-electron chi connectivity index (χ1n) is 2.57. The van der Waals surface area contributed by atoms with Crippen LogP contribution in [0.15, 0.2) is 0 Å². The number of nitrogens with zero attached hydrogens (tertiary/aromatic N) is 2. The molecule has 0 aliphatic rings. The maximum absolute atomic E-state index is 4.21. The van der Waals surface area contributed by atoms with Crippen LogP contribution in [0.25, 0.3) is 0 Å². The van der Waals surface area contributed by atoms with E-state index in [2.05, 4.69) is 23.2 Å². The lowest BCUT2D eigenvalue weighted by atomic mass is 11.5. The second-order valence-electron chi connectivity index (χ2n) is 1.33. The van der Waals surface area contributed by atoms with Crippen LogP contribution in [0.5, 0.6) is 0 Å². The molecule has 0 aliphatic heterocycles. The molecule has 1 heterocycles. The molecule has 1 aromatic heterocycles. The van der Waals surface area contributed by atoms with Gasteiger partial charge < -0.3 is 9.02 Å². The van der Waals surface area contributed by atoms with E-state index in [0.29, 0.717) is 25.5 Å². The maximum atomic E-state index is 4.21. The van der Waals surface area contributed by atoms with Gasteiger partial charge in [-0.05, 0) is 0 Å². The van der Waals surface area contributed by atoms with Gasteiger partial charge in [-0.15, -0.1) is 0 Å². The molecule has 0 aromatic carbocycles. The number of nitrogens with one attached hydrogen (secondary N) is 3. The summed E-state index contributed by atoms with van der Waals surface area (Å²) in [5.74, 6) is 0. The van der Waals surface area contributed by atoms with Gasteiger partial charge in [0, 0.05) is 24.1 Å². The molecule has 0 aliphatic carbocycles. The van der Waals surface area contributed by atoms with Gasteiger partial charge in [-0.3, -0.25) is 0 Å². The fraction of sp³-hybridized carbons (Fsp3) is 1.00. The van der Waals surface area contributed by atoms with Crippen LogP contribution in [-0.2, 0) is 0 Å². The minimum Gasteiger partial charge on any atom is -0.313 e. The average Bonchev–Trinajstić information content (AvgIpc) is 1.87. The fourth-order valence-corrected chi connectivity index (χ4v) is 4.46. The highest BCUT2D eigenvalue weighted by atomic mass is 31.1. The Kier molecular flexibility index (Phi) is 4.29. The van der Waals surface area contributed by atoms with Crippen LogP contribution in [0.2, 0.25) is 0 Å². The first kappa shape index (κ1) is 8.46. The van der Waals surface area contributed by atoms with E-state index in [1.165, 1.54) is 0 Å². The summed E-state index contributed by atoms with van der Waals surface area (Å²) in [5.41, 5.74) is 3.05. The van der Waals surface area contributed by atoms with Gasteiger partial charge in [0.05, 0.1) is 8.51 Å². The normalized spacial score (nSPS) is 12.1. The molecule has 3 unspecified atom stereocenters. The highest BCUT2D eigenvalue weighted by Gasteiger charge is 1.71. The van der Waals surface area contributed by atoms with Crippen LogP contribution < -0.4 is 5.43 Å². The summed E-state index contributed by atoms with van der Waals surface area (Å²) in [6.07, 6.45) is 0. The Balaban J connectivity index is 2.99. The summed E-state index contributed by atoms with van der Waals surface area (Å²) >= 11 is 0. The summed E-state index contributed by atoms with van der Waals surface area (Å²) in [4.78, 5) is 0. The maximum Gasteiger partial charge on any atom is 0.138 e. The molecule has 9 heteroatoms. The molecule has 0 bridgehead atoms. The Morgan fingerprint density at radius 1 is 1.70 bits per heavy atom. The summed E-state index contributed by atoms with van der Waals surface area (Å²) in [5, 5.41) is 0. The van der Waals surface area contributed by atoms with Gasteiger partial charge in [0.1, 0.15) is 8.51 Å². The Labute approximate surface area is 64.9 Å². The summed E-state index contributed by atoms with van der Waals surface area (Å²) in [6.45, 7) is 0. The van der Waals surface area contributed by atoms with Gasteiger partial charge >= 0.3 is 0 Å². The third-order valence-corrected chi connectivity index (χ3v) is 4.81. The van der Waals surface area contributed by atoms with E-state index in [9.17, 15) is 0 Å². The van der Waals surface area contributed by atoms with Crippen LogP contribution >= 0.6 is 34.0 Å². The molecule has 1 aromatic rings. The van der Waals surface area contributed by atoms with Gasteiger partial charge in [-0.1, -0.05) is 0 Å². The van der Waals surface area contributed by atoms with E-state index >= 15 is 0 Å². The molecule has 0 radical (unpaired) electrons. The third-order valence-electron chi connectivity index (χ3n) is 0.754. The van der Waals surface area contributed by atoms with E-state index in [1.54, 1.807) is 0 Å². The van der Waals surface area contributed by atoms with Gasteiger partial charge in [-0.2, -0.15) is 4.51 Å². The van der Waals surface area contributed by atoms with Crippen LogP contribution in [0.4, 0.5) is 0 Å². The number of hydrogen-bond acceptors (Lipinski definition) is 2. The topological polar surface area (TPSA) is 61.4 Å². The number of hydrogen-bond donors (Lipinski definition) is 3. The highest BCUT2D eigenvalue weighted by molar-refractivity contribution is 7.44. The standard InChI is InChI=1S/CH9N5P4/c1-2-6-9-4-7-3-8-5-10-6/h2,4,7,9-10H,1H3,(H,3,5). The van der Waals surface area contributed by atoms with E-state index in [0.717, 1.165) is 8.51 Å². The number of H-pyrrole nitrogens is 2. The first-order valence-corrected chi connectivity index (χ1v) is 6.26. The minimum atomic E-state index is 0.508. The van der Waals surface area contributed by atoms with Gasteiger partial charge in [0.25, 0.3) is 0 Å². The fourth-order valence-electron chi connectivity index (χ4n) is 0.360. The van der Waals surface area contributed by atoms with Gasteiger partial charge in [0.15, 0.2) is 0 Å². The Morgan fingerprint density at radius 2 is 2.60 bits per heavy atom. The van der Waals surface area contributed by atoms with Crippen molar-refractivity contribution in [2.75, 3.05) is 12.5 Å². The Hall–Kier alpha value is 0.360. The van der Waals surface area contributed by atoms with Gasteiger partial charge in [0.2, 0.25) is 0 Å². The van der Waals surface area contributed by atoms with Crippen molar-refractivity contribution in [1.29, 1.82) is 0 Å². The molecular formula is CH9N5P4. The SMILES string of the molecule is CNn1[pH]np[nH][pH][nH][pH]1. The van der Waals surface area contributed by atoms with E-state index in [-0.39, 0.29) is 0 Å². The predicted octanol–water partition coefficient (Wildman–Crippen LogP) is 1.64. The molecule has 5 nitrogen and oxygen atoms in total. The molecule has 10 heavy (non-hydrogen) atoms. The largest absolute Gasteiger partial charge is 0.313 e. The molecule has 0 saturated carbocycles. The second kappa shape index (κ2) is 5.07. The lowest BCUT2D eigenvalue weighted by Gasteiger charge is -1.97. The zero-order valence-electron chi connectivity index (χ0n) is 5.34. The first-order chi connectivity index (χ1) is 4.93. The van der Waals surface area contributed by atoms with Crippen molar-refractivity contribution in [1.82, 2.24) is 17.7 Å². The van der Waals surface area contributed by atoms with Crippen LogP contribution in [0.3, 0.4) is 0 Å². The lowest BCUT2D eigenvalue weighted by Crippen LogP contribution is -1.99. The molecule has 0 spiro atoms. The quantitative estimate of drug-likeness (QED) is 0.666. The van der Waals surface area contributed by atoms with Crippen LogP contribution in [0.1, 0.15) is 0 Å². The summed E-state index contributed by atoms with van der Waals surface area (Å²) < 4.78 is 12.6. The predicted molar refractivity (Wildman–Crippen MR) is 52.5 cm³/mol. The molecule has 0 amide bonds. The van der Waals surface area contributed by atoms with Crippen molar-refractivity contribution in [2.24, 2.45) is 0 Å². The van der Waals surface area contributed by atoms with E-state index in [4.69, 9.17) is 0 Å². The molecular weight excluding hydrogens is 206 g/mol. The van der Waals surface area contributed by atoms with Crippen molar-refractivity contribution in [3.05, 3.63) is 0 Å². The van der Waals surface area contributed by atoms with Crippen LogP contribution in [0, 0.1) is 0 Å². The zero-order chi connectivity index (χ0) is 7.23. The molecule has 0 saturated heterocycles. The average molecular weight is 215 g/mol. The lowest BCUT2D eigenvalue weighted by molar-refractivity contribution is 1.14. The van der Waals surface area contributed by atoms with E-state index in [1.807, 2.05) is 7.05 Å². The zero-order valence-corrected chi connectivity index (χ0v) is 9.24. The van der Waals surface area contributed by atoms with E-state index < -0.39 is 0 Å².